The maximum Gasteiger partial charge on any atom is 0.273 e. The van der Waals surface area contributed by atoms with Gasteiger partial charge < -0.3 is 11.1 Å². The van der Waals surface area contributed by atoms with Crippen molar-refractivity contribution in [3.63, 3.8) is 0 Å². The number of aromatic nitrogens is 2. The van der Waals surface area contributed by atoms with Crippen LogP contribution >= 0.6 is 0 Å². The number of nitrogens with one attached hydrogen (secondary N) is 1. The Morgan fingerprint density at radius 1 is 1.38 bits per heavy atom. The van der Waals surface area contributed by atoms with Gasteiger partial charge in [0.15, 0.2) is 0 Å². The normalized spacial score (nSPS) is 10.7. The maximum atomic E-state index is 13.4. The average Bonchev–Trinajstić information content (AvgIpc) is 2.92. The van der Waals surface area contributed by atoms with Gasteiger partial charge in [-0.05, 0) is 37.6 Å². The molecule has 21 heavy (non-hydrogen) atoms. The van der Waals surface area contributed by atoms with Crippen molar-refractivity contribution in [3.05, 3.63) is 47.0 Å². The fourth-order valence-corrected chi connectivity index (χ4v) is 2.07. The van der Waals surface area contributed by atoms with E-state index in [4.69, 9.17) is 5.73 Å². The number of nitrogens with zero attached hydrogens (tertiary/aromatic N) is 2. The van der Waals surface area contributed by atoms with Crippen LogP contribution in [0.1, 0.15) is 35.6 Å². The van der Waals surface area contributed by atoms with Gasteiger partial charge in [-0.25, -0.2) is 4.39 Å². The minimum absolute atomic E-state index is 0.0857. The minimum Gasteiger partial charge on any atom is -0.326 e. The number of carbonyl (C=O) groups excluding carboxylic acids is 1. The Balaban J connectivity index is 2.23. The predicted molar refractivity (Wildman–Crippen MR) is 79.5 cm³/mol. The lowest BCUT2D eigenvalue weighted by Gasteiger charge is -2.08. The molecule has 0 saturated heterocycles. The standard InChI is InChI=1S/C15H19FN4O/c1-3-11-8-14(20(4-2)19-11)15(21)18-12-5-6-13(16)10(7-12)9-17/h5-8H,3-4,9,17H2,1-2H3,(H,18,21). The first-order valence-electron chi connectivity index (χ1n) is 6.95. The first-order chi connectivity index (χ1) is 10.1. The molecule has 0 atom stereocenters. The van der Waals surface area contributed by atoms with Crippen molar-refractivity contribution in [2.45, 2.75) is 33.4 Å². The zero-order chi connectivity index (χ0) is 15.4. The Morgan fingerprint density at radius 3 is 2.76 bits per heavy atom. The SMILES string of the molecule is CCc1cc(C(=O)Nc2ccc(F)c(CN)c2)n(CC)n1. The summed E-state index contributed by atoms with van der Waals surface area (Å²) in [5.41, 5.74) is 7.70. The highest BCUT2D eigenvalue weighted by Gasteiger charge is 2.14. The van der Waals surface area contributed by atoms with Crippen LogP contribution in [0, 0.1) is 5.82 Å². The molecule has 3 N–H and O–H groups in total. The molecule has 2 aromatic rings. The monoisotopic (exact) mass is 290 g/mol. The van der Waals surface area contributed by atoms with Gasteiger partial charge >= 0.3 is 0 Å². The Labute approximate surface area is 123 Å². The van der Waals surface area contributed by atoms with E-state index in [0.717, 1.165) is 12.1 Å². The van der Waals surface area contributed by atoms with Gasteiger partial charge in [0.05, 0.1) is 5.69 Å². The van der Waals surface area contributed by atoms with Gasteiger partial charge in [0.1, 0.15) is 11.5 Å². The van der Waals surface area contributed by atoms with Crippen LogP contribution in [0.4, 0.5) is 10.1 Å². The van der Waals surface area contributed by atoms with Crippen LogP contribution in [0.15, 0.2) is 24.3 Å². The van der Waals surface area contributed by atoms with E-state index in [1.54, 1.807) is 16.8 Å². The molecule has 0 aliphatic heterocycles. The van der Waals surface area contributed by atoms with Crippen molar-refractivity contribution < 1.29 is 9.18 Å². The molecule has 1 heterocycles. The lowest BCUT2D eigenvalue weighted by molar-refractivity contribution is 0.101. The summed E-state index contributed by atoms with van der Waals surface area (Å²) in [6.07, 6.45) is 0.765. The van der Waals surface area contributed by atoms with Crippen molar-refractivity contribution in [2.24, 2.45) is 5.73 Å². The van der Waals surface area contributed by atoms with Crippen LogP contribution in [-0.2, 0) is 19.5 Å². The van der Waals surface area contributed by atoms with Gasteiger partial charge in [0.2, 0.25) is 0 Å². The Kier molecular flexibility index (Phi) is 4.70. The molecule has 0 aliphatic rings. The maximum absolute atomic E-state index is 13.4. The second-order valence-corrected chi connectivity index (χ2v) is 4.65. The van der Waals surface area contributed by atoms with Gasteiger partial charge in [-0.3, -0.25) is 9.48 Å². The highest BCUT2D eigenvalue weighted by atomic mass is 19.1. The van der Waals surface area contributed by atoms with Crippen LogP contribution in [0.5, 0.6) is 0 Å². The number of benzene rings is 1. The first kappa shape index (κ1) is 15.2. The number of anilines is 1. The summed E-state index contributed by atoms with van der Waals surface area (Å²) in [5, 5.41) is 7.08. The van der Waals surface area contributed by atoms with E-state index in [2.05, 4.69) is 10.4 Å². The molecule has 0 aliphatic carbocycles. The molecule has 5 nitrogen and oxygen atoms in total. The number of hydrogen-bond acceptors (Lipinski definition) is 3. The van der Waals surface area contributed by atoms with E-state index in [9.17, 15) is 9.18 Å². The molecule has 0 spiro atoms. The molecule has 112 valence electrons. The summed E-state index contributed by atoms with van der Waals surface area (Å²) in [6.45, 7) is 4.60. The van der Waals surface area contributed by atoms with E-state index in [1.165, 1.54) is 12.1 Å². The number of halogens is 1. The topological polar surface area (TPSA) is 72.9 Å². The lowest BCUT2D eigenvalue weighted by atomic mass is 10.2. The van der Waals surface area contributed by atoms with Crippen LogP contribution in [0.25, 0.3) is 0 Å². The number of aryl methyl sites for hydroxylation is 2. The van der Waals surface area contributed by atoms with E-state index in [-0.39, 0.29) is 18.3 Å². The van der Waals surface area contributed by atoms with E-state index < -0.39 is 0 Å². The van der Waals surface area contributed by atoms with Crippen molar-refractivity contribution in [3.8, 4) is 0 Å². The van der Waals surface area contributed by atoms with Crippen molar-refractivity contribution in [1.29, 1.82) is 0 Å². The Bertz CT molecular complexity index is 651. The van der Waals surface area contributed by atoms with Crippen molar-refractivity contribution >= 4 is 11.6 Å². The Hall–Kier alpha value is -2.21. The molecular formula is C15H19FN4O. The molecule has 0 bridgehead atoms. The number of hydrogen-bond donors (Lipinski definition) is 2. The van der Waals surface area contributed by atoms with Gasteiger partial charge in [0.25, 0.3) is 5.91 Å². The predicted octanol–water partition coefficient (Wildman–Crippen LogP) is 2.32. The van der Waals surface area contributed by atoms with Crippen LogP contribution in [0.2, 0.25) is 0 Å². The van der Waals surface area contributed by atoms with Gasteiger partial charge in [-0.15, -0.1) is 0 Å². The zero-order valence-corrected chi connectivity index (χ0v) is 12.2. The van der Waals surface area contributed by atoms with Gasteiger partial charge in [0, 0.05) is 24.3 Å². The molecule has 1 amide bonds. The molecule has 0 unspecified atom stereocenters. The fraction of sp³-hybridized carbons (Fsp3) is 0.333. The Morgan fingerprint density at radius 2 is 2.14 bits per heavy atom. The molecule has 1 aromatic carbocycles. The van der Waals surface area contributed by atoms with Crippen molar-refractivity contribution in [2.75, 3.05) is 5.32 Å². The number of carbonyl (C=O) groups is 1. The first-order valence-corrected chi connectivity index (χ1v) is 6.95. The third-order valence-corrected chi connectivity index (χ3v) is 3.25. The minimum atomic E-state index is -0.373. The summed E-state index contributed by atoms with van der Waals surface area (Å²) in [7, 11) is 0. The largest absolute Gasteiger partial charge is 0.326 e. The van der Waals surface area contributed by atoms with Gasteiger partial charge in [-0.1, -0.05) is 6.92 Å². The second-order valence-electron chi connectivity index (χ2n) is 4.65. The van der Waals surface area contributed by atoms with Gasteiger partial charge in [-0.2, -0.15) is 5.10 Å². The summed E-state index contributed by atoms with van der Waals surface area (Å²) >= 11 is 0. The number of amides is 1. The molecule has 2 rings (SSSR count). The zero-order valence-electron chi connectivity index (χ0n) is 12.2. The quantitative estimate of drug-likeness (QED) is 0.887. The van der Waals surface area contributed by atoms with E-state index in [1.807, 2.05) is 13.8 Å². The smallest absolute Gasteiger partial charge is 0.273 e. The summed E-state index contributed by atoms with van der Waals surface area (Å²) < 4.78 is 15.0. The summed E-state index contributed by atoms with van der Waals surface area (Å²) in [4.78, 5) is 12.3. The molecule has 6 heteroatoms. The third kappa shape index (κ3) is 3.28. The molecular weight excluding hydrogens is 271 g/mol. The molecule has 0 radical (unpaired) electrons. The highest BCUT2D eigenvalue weighted by molar-refractivity contribution is 6.03. The molecule has 1 aromatic heterocycles. The van der Waals surface area contributed by atoms with Crippen LogP contribution in [0.3, 0.4) is 0 Å². The molecule has 0 fully saturated rings. The highest BCUT2D eigenvalue weighted by Crippen LogP contribution is 2.16. The van der Waals surface area contributed by atoms with Crippen LogP contribution < -0.4 is 11.1 Å². The molecule has 0 saturated carbocycles. The number of rotatable bonds is 5. The van der Waals surface area contributed by atoms with Crippen molar-refractivity contribution in [1.82, 2.24) is 9.78 Å². The summed E-state index contributed by atoms with van der Waals surface area (Å²) in [6, 6.07) is 6.12. The fourth-order valence-electron chi connectivity index (χ4n) is 2.07. The van der Waals surface area contributed by atoms with E-state index >= 15 is 0 Å². The van der Waals surface area contributed by atoms with E-state index in [0.29, 0.717) is 23.5 Å². The average molecular weight is 290 g/mol. The summed E-state index contributed by atoms with van der Waals surface area (Å²) in [5.74, 6) is -0.638. The van der Waals surface area contributed by atoms with Crippen LogP contribution in [-0.4, -0.2) is 15.7 Å². The number of nitrogens with two attached hydrogens (primary N) is 1. The third-order valence-electron chi connectivity index (χ3n) is 3.25. The second kappa shape index (κ2) is 6.49. The lowest BCUT2D eigenvalue weighted by Crippen LogP contribution is -2.17.